The van der Waals surface area contributed by atoms with E-state index in [1.165, 1.54) is 69.4 Å². The first-order valence-corrected chi connectivity index (χ1v) is 45.0. The molecule has 8 aromatic heterocycles. The van der Waals surface area contributed by atoms with Crippen molar-refractivity contribution in [2.45, 2.75) is 85.8 Å². The second-order valence-corrected chi connectivity index (χ2v) is 34.8. The summed E-state index contributed by atoms with van der Waals surface area (Å²) in [4.78, 5) is 103. The highest BCUT2D eigenvalue weighted by Gasteiger charge is 2.36. The highest BCUT2D eigenvalue weighted by molar-refractivity contribution is 6.04. The topological polar surface area (TPSA) is 222 Å². The largest absolute Gasteiger partial charge is 0.328 e. The second kappa shape index (κ2) is 38.7. The van der Waals surface area contributed by atoms with Crippen molar-refractivity contribution in [3.63, 3.8) is 0 Å². The van der Waals surface area contributed by atoms with Crippen LogP contribution in [0.2, 0.25) is 0 Å². The summed E-state index contributed by atoms with van der Waals surface area (Å²) >= 11 is 0. The summed E-state index contributed by atoms with van der Waals surface area (Å²) < 4.78 is 134. The summed E-state index contributed by atoms with van der Waals surface area (Å²) in [6, 6.07) is 69.0. The van der Waals surface area contributed by atoms with E-state index < -0.39 is 46.7 Å². The van der Waals surface area contributed by atoms with Gasteiger partial charge in [-0.05, 0) is 225 Å². The molecule has 29 heteroatoms. The number of fused-ring (bicyclic) bond motifs is 9. The molecule has 18 aromatic rings. The molecule has 0 saturated heterocycles. The first-order valence-electron chi connectivity index (χ1n) is 45.0. The Morgan fingerprint density at radius 1 is 0.298 bits per heavy atom. The molecule has 0 N–H and O–H groups in total. The van der Waals surface area contributed by atoms with Crippen LogP contribution in [-0.4, -0.2) is 104 Å². The molecule has 10 aromatic carbocycles. The molecule has 0 bridgehead atoms. The quantitative estimate of drug-likeness (QED) is 0.0689. The highest BCUT2D eigenvalue weighted by Crippen LogP contribution is 2.39. The zero-order chi connectivity index (χ0) is 97.5. The number of aryl methyl sites for hydroxylation is 2. The number of carbonyl (C=O) groups excluding carboxylic acids is 5. The molecule has 141 heavy (non-hydrogen) atoms. The fourth-order valence-corrected chi connectivity index (χ4v) is 18.3. The van der Waals surface area contributed by atoms with Gasteiger partial charge in [-0.1, -0.05) is 103 Å². The van der Waals surface area contributed by atoms with Crippen molar-refractivity contribution in [1.29, 1.82) is 0 Å². The van der Waals surface area contributed by atoms with Crippen molar-refractivity contribution in [2.24, 2.45) is 12.0 Å². The smallest absolute Gasteiger partial charge is 0.256 e. The number of rotatable bonds is 15. The Kier molecular flexibility index (Phi) is 25.1. The number of halogens is 9. The Bertz CT molecular complexity index is 8100. The third kappa shape index (κ3) is 18.7. The molecule has 5 amide bonds. The van der Waals surface area contributed by atoms with Gasteiger partial charge in [0, 0.05) is 137 Å². The molecule has 0 fully saturated rings. The molecule has 14 heterocycles. The minimum absolute atomic E-state index is 0.104. The summed E-state index contributed by atoms with van der Waals surface area (Å²) in [6.07, 6.45) is 14.9. The van der Waals surface area contributed by atoms with Gasteiger partial charge in [-0.15, -0.1) is 0 Å². The Balaban J connectivity index is 0.000000108. The first kappa shape index (κ1) is 91.4. The predicted molar refractivity (Wildman–Crippen MR) is 514 cm³/mol. The van der Waals surface area contributed by atoms with Crippen molar-refractivity contribution in [2.75, 3.05) is 0 Å². The van der Waals surface area contributed by atoms with E-state index in [1.54, 1.807) is 150 Å². The van der Waals surface area contributed by atoms with E-state index in [2.05, 4.69) is 45.0 Å². The molecule has 0 spiro atoms. The molecular weight excluding hydrogens is 1810 g/mol. The summed E-state index contributed by atoms with van der Waals surface area (Å²) in [6.45, 7) is 5.65. The Morgan fingerprint density at radius 2 is 0.688 bits per heavy atom. The predicted octanol–water partition coefficient (Wildman–Crippen LogP) is 22.4. The second-order valence-electron chi connectivity index (χ2n) is 34.8. The first-order chi connectivity index (χ1) is 68.3. The van der Waals surface area contributed by atoms with Crippen LogP contribution in [0.3, 0.4) is 0 Å². The number of amides is 5. The number of carbonyl (C=O) groups is 5. The Hall–Kier alpha value is -17.4. The molecule has 0 aliphatic carbocycles. The van der Waals surface area contributed by atoms with Crippen LogP contribution in [-0.2, 0) is 79.0 Å². The minimum Gasteiger partial charge on any atom is -0.328 e. The van der Waals surface area contributed by atoms with Gasteiger partial charge in [0.25, 0.3) is 29.5 Å². The fraction of sp³-hybridized carbons (Fsp3) is 0.125. The maximum absolute atomic E-state index is 14.9. The average molecular weight is 1890 g/mol. The van der Waals surface area contributed by atoms with Gasteiger partial charge in [-0.3, -0.25) is 63.6 Å². The zero-order valence-corrected chi connectivity index (χ0v) is 75.7. The van der Waals surface area contributed by atoms with E-state index in [1.807, 2.05) is 129 Å². The lowest BCUT2D eigenvalue weighted by Gasteiger charge is -2.17. The molecule has 696 valence electrons. The fourth-order valence-electron chi connectivity index (χ4n) is 18.3. The third-order valence-corrected chi connectivity index (χ3v) is 25.7. The van der Waals surface area contributed by atoms with Crippen LogP contribution < -0.4 is 0 Å². The lowest BCUT2D eigenvalue weighted by Crippen LogP contribution is -2.24. The van der Waals surface area contributed by atoms with Crippen molar-refractivity contribution in [3.8, 4) is 55.6 Å². The number of pyridine rings is 7. The van der Waals surface area contributed by atoms with Crippen molar-refractivity contribution >= 4 is 67.7 Å². The average Bonchev–Trinajstić information content (AvgIpc) is 1.56. The number of aliphatic imine (C=N–C) groups is 1. The summed E-state index contributed by atoms with van der Waals surface area (Å²) in [7, 11) is 1.88. The summed E-state index contributed by atoms with van der Waals surface area (Å²) in [5, 5.41) is 9.28. The number of nitrogens with zero attached hydrogens (tertiary/aromatic N) is 15. The van der Waals surface area contributed by atoms with Crippen LogP contribution in [0.1, 0.15) is 132 Å². The van der Waals surface area contributed by atoms with Gasteiger partial charge < -0.3 is 24.5 Å². The van der Waals surface area contributed by atoms with E-state index in [-0.39, 0.29) is 104 Å². The summed E-state index contributed by atoms with van der Waals surface area (Å²) in [5.41, 5.74) is 17.4. The monoisotopic (exact) mass is 1890 g/mol. The van der Waals surface area contributed by atoms with E-state index in [0.29, 0.717) is 120 Å². The van der Waals surface area contributed by atoms with Gasteiger partial charge in [-0.2, -0.15) is 9.49 Å². The van der Waals surface area contributed by atoms with Gasteiger partial charge >= 0.3 is 0 Å². The van der Waals surface area contributed by atoms with Gasteiger partial charge in [0.15, 0.2) is 0 Å². The van der Waals surface area contributed by atoms with Crippen LogP contribution >= 0.6 is 0 Å². The SMILES string of the molecule is CC1=NCc2cc(-c3cc(F)c(CN4Cc5ncccc5C4=O)c(F)c3)ccc21.Cc1cc(-c2ccc(CN3Cc4ncccc4C3=O)c(F)c2)cnc1F.Cn1cc2ccc(-c3ccc(CN4Cc5ncccc5C4=O)c(F)c3)cc2n1.O=C1c2cccnc2CN1Cc1c(F)cc(-c2ccc3cnccc3c2)cc1F.O=C1c2cccnc2CN1Cc1c(F)cc(-c2cccc3ccccc23)cc1F. The lowest BCUT2D eigenvalue weighted by atomic mass is 9.97. The number of benzene rings is 10. The third-order valence-electron chi connectivity index (χ3n) is 25.7. The van der Waals surface area contributed by atoms with E-state index in [4.69, 9.17) is 0 Å². The van der Waals surface area contributed by atoms with Gasteiger partial charge in [0.05, 0.1) is 121 Å². The zero-order valence-electron chi connectivity index (χ0n) is 75.7. The van der Waals surface area contributed by atoms with Crippen molar-refractivity contribution in [1.82, 2.24) is 69.2 Å². The molecule has 24 rings (SSSR count). The number of hydrogen-bond donors (Lipinski definition) is 0. The van der Waals surface area contributed by atoms with Gasteiger partial charge in [0.2, 0.25) is 5.95 Å². The van der Waals surface area contributed by atoms with E-state index >= 15 is 0 Å². The van der Waals surface area contributed by atoms with E-state index in [0.717, 1.165) is 77.2 Å². The molecule has 6 aliphatic rings. The maximum Gasteiger partial charge on any atom is 0.256 e. The molecule has 20 nitrogen and oxygen atoms in total. The van der Waals surface area contributed by atoms with Crippen LogP contribution in [0.15, 0.2) is 303 Å². The molecule has 0 unspecified atom stereocenters. The van der Waals surface area contributed by atoms with Crippen molar-refractivity contribution in [3.05, 3.63) is 452 Å². The minimum atomic E-state index is -0.674. The van der Waals surface area contributed by atoms with Crippen LogP contribution in [0.25, 0.3) is 88.1 Å². The molecule has 6 aliphatic heterocycles. The number of aromatic nitrogens is 9. The standard InChI is InChI=1S/C24H16F2N2O.C23H17F2N3O.C23H15F2N3O.C22H17FN4O.C20H15F2N3O/c25-21-11-16(18-8-3-6-15-5-1-2-7-17(15)18)12-22(26)20(21)13-28-14-23-19(24(28)29)9-4-10-27-23;1-13-17-5-4-14(7-16(17)10-27-13)15-8-20(24)19(21(25)9-15)11-28-12-22-18(23(28)29)3-2-6-26-22;24-20-9-17(14-3-4-16-11-26-7-5-15(16)8-14)10-21(25)19(20)12-28-13-22-18(23(28)29)2-1-6-27-22;1-26-11-17-7-5-15(10-20(17)25-26)14-4-6-16(19(23)9-14)12-27-13-21-18(22(27)28)3-2-8-24-21;1-12-7-15(9-24-19(12)22)13-4-5-14(17(21)8-13)10-25-11-18-16(20(25)26)3-2-6-23-18/h1-12H,13-14H2;2-9H,10-12H2,1H3;1-11H,12-13H2;2-11H,12-13H2,1H3;2-9H,10-11H2,1H3. The molecule has 0 atom stereocenters. The number of hydrogen-bond acceptors (Lipinski definition) is 14. The Morgan fingerprint density at radius 3 is 1.15 bits per heavy atom. The Labute approximate surface area is 801 Å². The van der Waals surface area contributed by atoms with Gasteiger partial charge in [-0.25, -0.2) is 40.1 Å². The van der Waals surface area contributed by atoms with Crippen LogP contribution in [0.4, 0.5) is 39.5 Å². The van der Waals surface area contributed by atoms with E-state index in [9.17, 15) is 63.5 Å². The lowest BCUT2D eigenvalue weighted by molar-refractivity contribution is 0.0755. The van der Waals surface area contributed by atoms with Crippen LogP contribution in [0.5, 0.6) is 0 Å². The summed E-state index contributed by atoms with van der Waals surface area (Å²) in [5.74, 6) is -6.30. The normalized spacial score (nSPS) is 13.5. The molecule has 0 saturated carbocycles. The van der Waals surface area contributed by atoms with Crippen LogP contribution in [0, 0.1) is 59.4 Å². The molecular formula is C112H80F9N15O5. The van der Waals surface area contributed by atoms with Gasteiger partial charge in [0.1, 0.15) is 46.5 Å². The molecule has 0 radical (unpaired) electrons. The van der Waals surface area contributed by atoms with Crippen molar-refractivity contribution < 1.29 is 63.5 Å². The highest BCUT2D eigenvalue weighted by atomic mass is 19.2. The maximum atomic E-state index is 14.9.